The number of alkyl halides is 3. The molecule has 0 spiro atoms. The van der Waals surface area contributed by atoms with Crippen molar-refractivity contribution in [2.24, 2.45) is 0 Å². The van der Waals surface area contributed by atoms with Crippen molar-refractivity contribution in [3.8, 4) is 0 Å². The highest BCUT2D eigenvalue weighted by Crippen LogP contribution is 2.29. The largest absolute Gasteiger partial charge is 0.417 e. The van der Waals surface area contributed by atoms with Crippen molar-refractivity contribution in [1.82, 2.24) is 20.0 Å². The predicted molar refractivity (Wildman–Crippen MR) is 76.2 cm³/mol. The second-order valence-corrected chi connectivity index (χ2v) is 5.68. The van der Waals surface area contributed by atoms with Crippen LogP contribution in [0.1, 0.15) is 46.5 Å². The van der Waals surface area contributed by atoms with Gasteiger partial charge in [0, 0.05) is 25.2 Å². The molecule has 0 saturated carbocycles. The minimum Gasteiger partial charge on any atom is -0.339 e. The van der Waals surface area contributed by atoms with Crippen LogP contribution in [0.25, 0.3) is 0 Å². The lowest BCUT2D eigenvalue weighted by Crippen LogP contribution is -2.38. The van der Waals surface area contributed by atoms with E-state index in [2.05, 4.69) is 15.1 Å². The molecule has 2 aromatic rings. The topological polar surface area (TPSA) is 72.1 Å². The van der Waals surface area contributed by atoms with Gasteiger partial charge in [0.25, 0.3) is 5.91 Å². The second-order valence-electron chi connectivity index (χ2n) is 5.68. The van der Waals surface area contributed by atoms with Gasteiger partial charge in [0.1, 0.15) is 5.69 Å². The average molecular weight is 340 g/mol. The van der Waals surface area contributed by atoms with Crippen LogP contribution in [-0.4, -0.2) is 39.0 Å². The predicted octanol–water partition coefficient (Wildman–Crippen LogP) is 2.81. The SMILES string of the molecule is Cc1noc(C2CCN(C(=O)c3ccc(C(F)(F)F)cn3)CC2)n1. The molecule has 3 heterocycles. The first-order valence-corrected chi connectivity index (χ1v) is 7.47. The van der Waals surface area contributed by atoms with E-state index in [-0.39, 0.29) is 17.5 Å². The first-order valence-electron chi connectivity index (χ1n) is 7.47. The smallest absolute Gasteiger partial charge is 0.339 e. The number of hydrogen-bond acceptors (Lipinski definition) is 5. The molecule has 1 saturated heterocycles. The van der Waals surface area contributed by atoms with Crippen molar-refractivity contribution in [3.05, 3.63) is 41.3 Å². The molecular formula is C15H15F3N4O2. The summed E-state index contributed by atoms with van der Waals surface area (Å²) in [5.74, 6) is 0.851. The van der Waals surface area contributed by atoms with E-state index in [9.17, 15) is 18.0 Å². The molecular weight excluding hydrogens is 325 g/mol. The summed E-state index contributed by atoms with van der Waals surface area (Å²) in [4.78, 5) is 21.8. The van der Waals surface area contributed by atoms with Crippen LogP contribution in [-0.2, 0) is 6.18 Å². The zero-order valence-electron chi connectivity index (χ0n) is 12.9. The molecule has 0 N–H and O–H groups in total. The summed E-state index contributed by atoms with van der Waals surface area (Å²) in [5, 5.41) is 3.75. The molecule has 3 rings (SSSR count). The van der Waals surface area contributed by atoms with Gasteiger partial charge in [-0.25, -0.2) is 0 Å². The molecule has 0 aliphatic carbocycles. The van der Waals surface area contributed by atoms with Crippen molar-refractivity contribution in [2.75, 3.05) is 13.1 Å². The van der Waals surface area contributed by atoms with Gasteiger partial charge in [-0.15, -0.1) is 0 Å². The summed E-state index contributed by atoms with van der Waals surface area (Å²) in [6, 6.07) is 1.98. The van der Waals surface area contributed by atoms with Gasteiger partial charge < -0.3 is 9.42 Å². The van der Waals surface area contributed by atoms with E-state index in [1.165, 1.54) is 0 Å². The molecule has 128 valence electrons. The first kappa shape index (κ1) is 16.4. The summed E-state index contributed by atoms with van der Waals surface area (Å²) in [6.07, 6.45) is -2.46. The van der Waals surface area contributed by atoms with Gasteiger partial charge >= 0.3 is 6.18 Å². The Kier molecular flexibility index (Phi) is 4.25. The van der Waals surface area contributed by atoms with Crippen molar-refractivity contribution < 1.29 is 22.5 Å². The van der Waals surface area contributed by atoms with Gasteiger partial charge in [-0.2, -0.15) is 18.2 Å². The molecule has 6 nitrogen and oxygen atoms in total. The molecule has 2 aromatic heterocycles. The quantitative estimate of drug-likeness (QED) is 0.841. The monoisotopic (exact) mass is 340 g/mol. The number of aryl methyl sites for hydroxylation is 1. The molecule has 0 aromatic carbocycles. The van der Waals surface area contributed by atoms with Gasteiger partial charge in [0.15, 0.2) is 5.82 Å². The number of carbonyl (C=O) groups is 1. The van der Waals surface area contributed by atoms with E-state index in [0.717, 1.165) is 12.1 Å². The molecule has 1 amide bonds. The molecule has 1 aliphatic rings. The highest BCUT2D eigenvalue weighted by Gasteiger charge is 2.32. The molecule has 0 unspecified atom stereocenters. The minimum absolute atomic E-state index is 0.00934. The fourth-order valence-corrected chi connectivity index (χ4v) is 2.66. The Morgan fingerprint density at radius 3 is 2.50 bits per heavy atom. The van der Waals surface area contributed by atoms with Crippen molar-refractivity contribution in [3.63, 3.8) is 0 Å². The van der Waals surface area contributed by atoms with Crippen LogP contribution < -0.4 is 0 Å². The third-order valence-electron chi connectivity index (χ3n) is 3.98. The summed E-state index contributed by atoms with van der Waals surface area (Å²) >= 11 is 0. The molecule has 1 fully saturated rings. The number of hydrogen-bond donors (Lipinski definition) is 0. The van der Waals surface area contributed by atoms with E-state index < -0.39 is 11.7 Å². The van der Waals surface area contributed by atoms with E-state index in [0.29, 0.717) is 43.8 Å². The maximum Gasteiger partial charge on any atom is 0.417 e. The number of likely N-dealkylation sites (tertiary alicyclic amines) is 1. The van der Waals surface area contributed by atoms with E-state index in [1.54, 1.807) is 11.8 Å². The van der Waals surface area contributed by atoms with Crippen LogP contribution in [0.2, 0.25) is 0 Å². The van der Waals surface area contributed by atoms with Crippen LogP contribution in [0.5, 0.6) is 0 Å². The van der Waals surface area contributed by atoms with Gasteiger partial charge in [0.05, 0.1) is 5.56 Å². The van der Waals surface area contributed by atoms with Crippen LogP contribution >= 0.6 is 0 Å². The molecule has 0 atom stereocenters. The van der Waals surface area contributed by atoms with Crippen LogP contribution in [0.3, 0.4) is 0 Å². The van der Waals surface area contributed by atoms with E-state index in [4.69, 9.17) is 4.52 Å². The van der Waals surface area contributed by atoms with Crippen LogP contribution in [0.4, 0.5) is 13.2 Å². The third-order valence-corrected chi connectivity index (χ3v) is 3.98. The summed E-state index contributed by atoms with van der Waals surface area (Å²) in [7, 11) is 0. The maximum absolute atomic E-state index is 12.5. The lowest BCUT2D eigenvalue weighted by Gasteiger charge is -2.30. The first-order chi connectivity index (χ1) is 11.3. The Morgan fingerprint density at radius 1 is 1.29 bits per heavy atom. The summed E-state index contributed by atoms with van der Waals surface area (Å²) in [5.41, 5.74) is -0.861. The number of rotatable bonds is 2. The van der Waals surface area contributed by atoms with Gasteiger partial charge in [0.2, 0.25) is 5.89 Å². The van der Waals surface area contributed by atoms with Crippen LogP contribution in [0, 0.1) is 6.92 Å². The van der Waals surface area contributed by atoms with E-state index in [1.807, 2.05) is 0 Å². The van der Waals surface area contributed by atoms with Gasteiger partial charge in [-0.05, 0) is 31.9 Å². The molecule has 1 aliphatic heterocycles. The molecule has 24 heavy (non-hydrogen) atoms. The fraction of sp³-hybridized carbons (Fsp3) is 0.467. The Morgan fingerprint density at radius 2 is 2.00 bits per heavy atom. The maximum atomic E-state index is 12.5. The number of nitrogens with zero attached hydrogens (tertiary/aromatic N) is 4. The number of pyridine rings is 1. The Hall–Kier alpha value is -2.45. The highest BCUT2D eigenvalue weighted by molar-refractivity contribution is 5.92. The standard InChI is InChI=1S/C15H15F3N4O2/c1-9-20-13(24-21-9)10-4-6-22(7-5-10)14(23)12-3-2-11(8-19-12)15(16,17)18/h2-3,8,10H,4-7H2,1H3. The van der Waals surface area contributed by atoms with Crippen molar-refractivity contribution in [1.29, 1.82) is 0 Å². The van der Waals surface area contributed by atoms with Crippen molar-refractivity contribution in [2.45, 2.75) is 31.9 Å². The van der Waals surface area contributed by atoms with Gasteiger partial charge in [-0.3, -0.25) is 9.78 Å². The summed E-state index contributed by atoms with van der Waals surface area (Å²) < 4.78 is 42.7. The van der Waals surface area contributed by atoms with E-state index >= 15 is 0 Å². The Labute approximate surface area is 135 Å². The number of amides is 1. The molecule has 0 bridgehead atoms. The lowest BCUT2D eigenvalue weighted by atomic mass is 9.96. The number of carbonyl (C=O) groups excluding carboxylic acids is 1. The zero-order chi connectivity index (χ0) is 17.3. The number of halogens is 3. The highest BCUT2D eigenvalue weighted by atomic mass is 19.4. The average Bonchev–Trinajstić information content (AvgIpc) is 3.00. The van der Waals surface area contributed by atoms with Gasteiger partial charge in [-0.1, -0.05) is 5.16 Å². The normalized spacial score (nSPS) is 16.4. The van der Waals surface area contributed by atoms with Crippen molar-refractivity contribution >= 4 is 5.91 Å². The number of aromatic nitrogens is 3. The molecule has 0 radical (unpaired) electrons. The fourth-order valence-electron chi connectivity index (χ4n) is 2.66. The zero-order valence-corrected chi connectivity index (χ0v) is 12.9. The lowest BCUT2D eigenvalue weighted by molar-refractivity contribution is -0.137. The minimum atomic E-state index is -4.46. The Balaban J connectivity index is 1.63. The molecule has 9 heteroatoms. The number of piperidine rings is 1. The van der Waals surface area contributed by atoms with Crippen LogP contribution in [0.15, 0.2) is 22.9 Å². The second kappa shape index (κ2) is 6.21. The Bertz CT molecular complexity index is 719. The summed E-state index contributed by atoms with van der Waals surface area (Å²) in [6.45, 7) is 2.67. The third kappa shape index (κ3) is 3.39.